The minimum Gasteiger partial charge on any atom is -0.300 e. The van der Waals surface area contributed by atoms with Gasteiger partial charge in [0.05, 0.1) is 0 Å². The standard InChI is InChI=1S/C16H34N2/c1-12(2)14(5)8-9-17-10-15(6)18(13(3)4)16(7)11-17/h12-16H,8-11H2,1-7H3/t14?,15-,16+. The molecule has 0 radical (unpaired) electrons. The predicted octanol–water partition coefficient (Wildman–Crippen LogP) is 3.47. The highest BCUT2D eigenvalue weighted by molar-refractivity contribution is 4.86. The lowest BCUT2D eigenvalue weighted by Gasteiger charge is -2.47. The van der Waals surface area contributed by atoms with Crippen molar-refractivity contribution < 1.29 is 0 Å². The van der Waals surface area contributed by atoms with E-state index in [1.807, 2.05) is 0 Å². The van der Waals surface area contributed by atoms with Gasteiger partial charge in [-0.3, -0.25) is 4.90 Å². The van der Waals surface area contributed by atoms with Crippen LogP contribution >= 0.6 is 0 Å². The number of piperazine rings is 1. The van der Waals surface area contributed by atoms with Crippen molar-refractivity contribution in [1.29, 1.82) is 0 Å². The summed E-state index contributed by atoms with van der Waals surface area (Å²) in [5.74, 6) is 1.66. The van der Waals surface area contributed by atoms with Gasteiger partial charge in [-0.2, -0.15) is 0 Å². The highest BCUT2D eigenvalue weighted by atomic mass is 15.3. The molecule has 0 aliphatic carbocycles. The zero-order valence-electron chi connectivity index (χ0n) is 13.6. The first-order valence-corrected chi connectivity index (χ1v) is 7.82. The molecule has 0 N–H and O–H groups in total. The van der Waals surface area contributed by atoms with E-state index in [1.165, 1.54) is 26.1 Å². The van der Waals surface area contributed by atoms with E-state index < -0.39 is 0 Å². The molecule has 1 unspecified atom stereocenters. The highest BCUT2D eigenvalue weighted by Crippen LogP contribution is 2.20. The minimum atomic E-state index is 0.673. The Labute approximate surface area is 115 Å². The van der Waals surface area contributed by atoms with Gasteiger partial charge in [-0.1, -0.05) is 20.8 Å². The predicted molar refractivity (Wildman–Crippen MR) is 81.0 cm³/mol. The van der Waals surface area contributed by atoms with Gasteiger partial charge in [-0.05, 0) is 52.5 Å². The molecule has 0 spiro atoms. The van der Waals surface area contributed by atoms with Gasteiger partial charge in [-0.25, -0.2) is 0 Å². The third-order valence-corrected chi connectivity index (χ3v) is 4.70. The van der Waals surface area contributed by atoms with Crippen molar-refractivity contribution in [2.24, 2.45) is 11.8 Å². The van der Waals surface area contributed by atoms with Gasteiger partial charge in [0.25, 0.3) is 0 Å². The first kappa shape index (κ1) is 16.0. The second-order valence-corrected chi connectivity index (χ2v) is 7.01. The van der Waals surface area contributed by atoms with Crippen LogP contribution in [0.15, 0.2) is 0 Å². The normalized spacial score (nSPS) is 29.2. The highest BCUT2D eigenvalue weighted by Gasteiger charge is 2.30. The van der Waals surface area contributed by atoms with E-state index in [9.17, 15) is 0 Å². The molecule has 108 valence electrons. The third kappa shape index (κ3) is 4.24. The molecule has 1 heterocycles. The van der Waals surface area contributed by atoms with Gasteiger partial charge in [0, 0.05) is 31.2 Å². The van der Waals surface area contributed by atoms with E-state index in [1.54, 1.807) is 0 Å². The molecular weight excluding hydrogens is 220 g/mol. The third-order valence-electron chi connectivity index (χ3n) is 4.70. The van der Waals surface area contributed by atoms with Crippen LogP contribution in [0, 0.1) is 11.8 Å². The molecule has 1 aliphatic rings. The zero-order valence-corrected chi connectivity index (χ0v) is 13.6. The summed E-state index contributed by atoms with van der Waals surface area (Å²) < 4.78 is 0. The number of hydrogen-bond acceptors (Lipinski definition) is 2. The molecule has 1 rings (SSSR count). The molecule has 1 saturated heterocycles. The molecule has 0 aromatic heterocycles. The van der Waals surface area contributed by atoms with Gasteiger partial charge in [-0.15, -0.1) is 0 Å². The summed E-state index contributed by atoms with van der Waals surface area (Å²) >= 11 is 0. The fourth-order valence-electron chi connectivity index (χ4n) is 3.36. The van der Waals surface area contributed by atoms with Gasteiger partial charge in [0.1, 0.15) is 0 Å². The van der Waals surface area contributed by atoms with E-state index in [0.29, 0.717) is 18.1 Å². The number of nitrogens with zero attached hydrogens (tertiary/aromatic N) is 2. The van der Waals surface area contributed by atoms with E-state index in [0.717, 1.165) is 11.8 Å². The monoisotopic (exact) mass is 254 g/mol. The van der Waals surface area contributed by atoms with Crippen LogP contribution in [0.2, 0.25) is 0 Å². The molecular formula is C16H34N2. The fourth-order valence-corrected chi connectivity index (χ4v) is 3.36. The smallest absolute Gasteiger partial charge is 0.0200 e. The molecule has 2 nitrogen and oxygen atoms in total. The maximum absolute atomic E-state index is 2.67. The van der Waals surface area contributed by atoms with Crippen molar-refractivity contribution in [3.05, 3.63) is 0 Å². The molecule has 0 bridgehead atoms. The second-order valence-electron chi connectivity index (χ2n) is 7.01. The van der Waals surface area contributed by atoms with E-state index in [2.05, 4.69) is 58.3 Å². The summed E-state index contributed by atoms with van der Waals surface area (Å²) in [7, 11) is 0. The molecule has 2 heteroatoms. The number of hydrogen-bond donors (Lipinski definition) is 0. The van der Waals surface area contributed by atoms with Crippen LogP contribution in [0.25, 0.3) is 0 Å². The first-order chi connectivity index (χ1) is 8.32. The second kappa shape index (κ2) is 6.91. The van der Waals surface area contributed by atoms with Crippen molar-refractivity contribution in [3.63, 3.8) is 0 Å². The Morgan fingerprint density at radius 2 is 1.44 bits per heavy atom. The van der Waals surface area contributed by atoms with Crippen LogP contribution in [0.1, 0.15) is 54.9 Å². The van der Waals surface area contributed by atoms with Crippen LogP contribution in [-0.2, 0) is 0 Å². The Hall–Kier alpha value is -0.0800. The lowest BCUT2D eigenvalue weighted by Crippen LogP contribution is -2.58. The van der Waals surface area contributed by atoms with Crippen molar-refractivity contribution in [3.8, 4) is 0 Å². The molecule has 1 aliphatic heterocycles. The molecule has 18 heavy (non-hydrogen) atoms. The van der Waals surface area contributed by atoms with Crippen LogP contribution in [0.5, 0.6) is 0 Å². The minimum absolute atomic E-state index is 0.673. The lowest BCUT2D eigenvalue weighted by atomic mass is 9.94. The Morgan fingerprint density at radius 1 is 0.944 bits per heavy atom. The average Bonchev–Trinajstić information content (AvgIpc) is 2.24. The van der Waals surface area contributed by atoms with Crippen molar-refractivity contribution in [2.45, 2.75) is 73.0 Å². The molecule has 0 amide bonds. The van der Waals surface area contributed by atoms with Crippen LogP contribution in [-0.4, -0.2) is 47.6 Å². The summed E-state index contributed by atoms with van der Waals surface area (Å²) in [5.41, 5.74) is 0. The van der Waals surface area contributed by atoms with Crippen LogP contribution < -0.4 is 0 Å². The fraction of sp³-hybridized carbons (Fsp3) is 1.00. The Bertz CT molecular complexity index is 225. The first-order valence-electron chi connectivity index (χ1n) is 7.82. The van der Waals surface area contributed by atoms with Gasteiger partial charge in [0.2, 0.25) is 0 Å². The van der Waals surface area contributed by atoms with E-state index >= 15 is 0 Å². The topological polar surface area (TPSA) is 6.48 Å². The molecule has 3 atom stereocenters. The van der Waals surface area contributed by atoms with Crippen LogP contribution in [0.4, 0.5) is 0 Å². The van der Waals surface area contributed by atoms with Gasteiger partial charge < -0.3 is 4.90 Å². The van der Waals surface area contributed by atoms with Crippen molar-refractivity contribution in [2.75, 3.05) is 19.6 Å². The summed E-state index contributed by atoms with van der Waals surface area (Å²) in [6, 6.07) is 2.07. The Balaban J connectivity index is 2.43. The van der Waals surface area contributed by atoms with Crippen molar-refractivity contribution >= 4 is 0 Å². The summed E-state index contributed by atoms with van der Waals surface area (Å²) in [5, 5.41) is 0. The largest absolute Gasteiger partial charge is 0.300 e. The summed E-state index contributed by atoms with van der Waals surface area (Å²) in [6.45, 7) is 20.2. The van der Waals surface area contributed by atoms with Gasteiger partial charge >= 0.3 is 0 Å². The van der Waals surface area contributed by atoms with E-state index in [-0.39, 0.29) is 0 Å². The quantitative estimate of drug-likeness (QED) is 0.741. The maximum atomic E-state index is 2.67. The SMILES string of the molecule is CC(C)C(C)CCN1C[C@@H](C)N(C(C)C)[C@@H](C)C1. The maximum Gasteiger partial charge on any atom is 0.0200 e. The molecule has 0 aromatic rings. The lowest BCUT2D eigenvalue weighted by molar-refractivity contribution is 0.0142. The van der Waals surface area contributed by atoms with E-state index in [4.69, 9.17) is 0 Å². The molecule has 0 aromatic carbocycles. The zero-order chi connectivity index (χ0) is 13.9. The average molecular weight is 254 g/mol. The summed E-state index contributed by atoms with van der Waals surface area (Å²) in [6.07, 6.45) is 1.35. The van der Waals surface area contributed by atoms with Crippen LogP contribution in [0.3, 0.4) is 0 Å². The van der Waals surface area contributed by atoms with Crippen molar-refractivity contribution in [1.82, 2.24) is 9.80 Å². The summed E-state index contributed by atoms with van der Waals surface area (Å²) in [4.78, 5) is 5.34. The van der Waals surface area contributed by atoms with Gasteiger partial charge in [0.15, 0.2) is 0 Å². The molecule has 1 fully saturated rings. The Morgan fingerprint density at radius 3 is 1.83 bits per heavy atom. The molecule has 0 saturated carbocycles. The Kier molecular flexibility index (Phi) is 6.13. The number of rotatable bonds is 5.